The molecule has 0 bridgehead atoms. The zero-order chi connectivity index (χ0) is 21.8. The normalized spacial score (nSPS) is 22.5. The number of nitriles is 3. The first-order chi connectivity index (χ1) is 15.2. The number of nitrogens with zero attached hydrogens (tertiary/aromatic N) is 4. The van der Waals surface area contributed by atoms with Crippen molar-refractivity contribution >= 4 is 11.3 Å². The van der Waals surface area contributed by atoms with Crippen molar-refractivity contribution in [1.29, 1.82) is 15.8 Å². The number of rotatable bonds is 3. The fourth-order valence-corrected chi connectivity index (χ4v) is 5.28. The Morgan fingerprint density at radius 3 is 2.35 bits per heavy atom. The third-order valence-electron chi connectivity index (χ3n) is 6.78. The van der Waals surface area contributed by atoms with Gasteiger partial charge in [-0.2, -0.15) is 15.8 Å². The van der Waals surface area contributed by atoms with E-state index in [2.05, 4.69) is 11.0 Å². The van der Waals surface area contributed by atoms with Gasteiger partial charge in [0.05, 0.1) is 12.6 Å². The van der Waals surface area contributed by atoms with Gasteiger partial charge in [-0.3, -0.25) is 0 Å². The molecule has 1 aromatic rings. The Labute approximate surface area is 183 Å². The number of hydrogen-bond acceptors (Lipinski definition) is 6. The second-order valence-corrected chi connectivity index (χ2v) is 8.52. The number of aliphatic hydroxyl groups excluding tert-OH is 1. The van der Waals surface area contributed by atoms with Crippen LogP contribution in [0, 0.1) is 34.0 Å². The Morgan fingerprint density at radius 2 is 1.74 bits per heavy atom. The van der Waals surface area contributed by atoms with E-state index in [4.69, 9.17) is 4.74 Å². The van der Waals surface area contributed by atoms with Crippen molar-refractivity contribution < 1.29 is 9.84 Å². The number of allylic oxidation sites excluding steroid dienone is 2. The van der Waals surface area contributed by atoms with E-state index in [1.165, 1.54) is 0 Å². The molecule has 0 aromatic heterocycles. The zero-order valence-corrected chi connectivity index (χ0v) is 17.6. The smallest absolute Gasteiger partial charge is 0.172 e. The number of ether oxygens (including phenoxy) is 1. The van der Waals surface area contributed by atoms with Crippen molar-refractivity contribution in [3.05, 3.63) is 46.7 Å². The second kappa shape index (κ2) is 8.84. The van der Waals surface area contributed by atoms with Crippen LogP contribution in [0.1, 0.15) is 56.9 Å². The van der Waals surface area contributed by atoms with Crippen LogP contribution in [-0.2, 0) is 4.74 Å². The van der Waals surface area contributed by atoms with E-state index in [-0.39, 0.29) is 24.0 Å². The van der Waals surface area contributed by atoms with Crippen LogP contribution in [-0.4, -0.2) is 29.9 Å². The average Bonchev–Trinajstić information content (AvgIpc) is 3.13. The lowest BCUT2D eigenvalue weighted by molar-refractivity contribution is 0.0394. The lowest BCUT2D eigenvalue weighted by atomic mass is 9.76. The monoisotopic (exact) mass is 414 g/mol. The minimum absolute atomic E-state index is 0.129. The molecule has 1 saturated carbocycles. The van der Waals surface area contributed by atoms with Crippen LogP contribution in [0.4, 0.5) is 5.69 Å². The van der Waals surface area contributed by atoms with Crippen LogP contribution in [0.2, 0.25) is 0 Å². The SMILES string of the molecule is N#CC(C#N)=C1OC2(CCCCC2)C(c2ccc(N3CCCCC3CO)cc2)=C1C#N. The van der Waals surface area contributed by atoms with Crippen molar-refractivity contribution in [1.82, 2.24) is 0 Å². The summed E-state index contributed by atoms with van der Waals surface area (Å²) >= 11 is 0. The van der Waals surface area contributed by atoms with Crippen molar-refractivity contribution in [3.8, 4) is 18.2 Å². The van der Waals surface area contributed by atoms with Gasteiger partial charge >= 0.3 is 0 Å². The molecule has 1 unspecified atom stereocenters. The summed E-state index contributed by atoms with van der Waals surface area (Å²) < 4.78 is 6.28. The molecule has 6 heteroatoms. The van der Waals surface area contributed by atoms with Gasteiger partial charge in [0, 0.05) is 17.8 Å². The molecule has 1 N–H and O–H groups in total. The molecule has 158 valence electrons. The third kappa shape index (κ3) is 3.67. The summed E-state index contributed by atoms with van der Waals surface area (Å²) in [5.74, 6) is 0.129. The van der Waals surface area contributed by atoms with E-state index in [0.29, 0.717) is 5.57 Å². The summed E-state index contributed by atoms with van der Waals surface area (Å²) in [4.78, 5) is 2.25. The van der Waals surface area contributed by atoms with Gasteiger partial charge in [-0.15, -0.1) is 0 Å². The molecule has 1 atom stereocenters. The van der Waals surface area contributed by atoms with E-state index in [1.54, 1.807) is 0 Å². The fourth-order valence-electron chi connectivity index (χ4n) is 5.28. The first-order valence-corrected chi connectivity index (χ1v) is 11.0. The number of anilines is 1. The fraction of sp³-hybridized carbons (Fsp3) is 0.480. The maximum Gasteiger partial charge on any atom is 0.172 e. The largest absolute Gasteiger partial charge is 0.479 e. The first-order valence-electron chi connectivity index (χ1n) is 11.0. The standard InChI is InChI=1S/C25H26N4O2/c26-14-19(15-27)24-22(16-28)23(25(31-24)11-3-1-4-12-25)18-7-9-20(10-8-18)29-13-5-2-6-21(29)17-30/h7-10,21,30H,1-6,11-13,17H2. The highest BCUT2D eigenvalue weighted by molar-refractivity contribution is 5.85. The Bertz CT molecular complexity index is 1010. The topological polar surface area (TPSA) is 104 Å². The Kier molecular flexibility index (Phi) is 5.99. The van der Waals surface area contributed by atoms with Crippen LogP contribution < -0.4 is 4.90 Å². The zero-order valence-electron chi connectivity index (χ0n) is 17.6. The van der Waals surface area contributed by atoms with E-state index < -0.39 is 5.60 Å². The molecule has 3 aliphatic rings. The van der Waals surface area contributed by atoms with Gasteiger partial charge in [0.15, 0.2) is 11.3 Å². The van der Waals surface area contributed by atoms with Crippen LogP contribution in [0.25, 0.3) is 5.57 Å². The average molecular weight is 415 g/mol. The number of aliphatic hydroxyl groups is 1. The maximum atomic E-state index is 9.97. The minimum atomic E-state index is -0.655. The molecule has 2 fully saturated rings. The lowest BCUT2D eigenvalue weighted by Crippen LogP contribution is -2.41. The maximum absolute atomic E-state index is 9.97. The Hall–Kier alpha value is -3.27. The molecule has 2 heterocycles. The van der Waals surface area contributed by atoms with Crippen molar-refractivity contribution in [2.45, 2.75) is 63.0 Å². The van der Waals surface area contributed by atoms with Gasteiger partial charge < -0.3 is 14.7 Å². The molecule has 6 nitrogen and oxygen atoms in total. The lowest BCUT2D eigenvalue weighted by Gasteiger charge is -2.37. The Morgan fingerprint density at radius 1 is 1.03 bits per heavy atom. The summed E-state index contributed by atoms with van der Waals surface area (Å²) in [6.07, 6.45) is 7.83. The number of benzene rings is 1. The molecule has 1 aliphatic carbocycles. The van der Waals surface area contributed by atoms with Crippen molar-refractivity contribution in [2.75, 3.05) is 18.1 Å². The molecule has 4 rings (SSSR count). The van der Waals surface area contributed by atoms with Gasteiger partial charge in [-0.1, -0.05) is 18.6 Å². The van der Waals surface area contributed by atoms with E-state index in [0.717, 1.165) is 74.7 Å². The van der Waals surface area contributed by atoms with Crippen LogP contribution >= 0.6 is 0 Å². The van der Waals surface area contributed by atoms with E-state index in [1.807, 2.05) is 36.4 Å². The van der Waals surface area contributed by atoms with Crippen LogP contribution in [0.5, 0.6) is 0 Å². The summed E-state index contributed by atoms with van der Waals surface area (Å²) in [7, 11) is 0. The van der Waals surface area contributed by atoms with Crippen molar-refractivity contribution in [2.24, 2.45) is 0 Å². The van der Waals surface area contributed by atoms with Gasteiger partial charge in [-0.25, -0.2) is 0 Å². The highest BCUT2D eigenvalue weighted by atomic mass is 16.5. The van der Waals surface area contributed by atoms with Crippen LogP contribution in [0.15, 0.2) is 41.2 Å². The quantitative estimate of drug-likeness (QED) is 0.738. The molecule has 1 saturated heterocycles. The molecular weight excluding hydrogens is 388 g/mol. The van der Waals surface area contributed by atoms with Crippen LogP contribution in [0.3, 0.4) is 0 Å². The molecular formula is C25H26N4O2. The van der Waals surface area contributed by atoms with Gasteiger partial charge in [0.1, 0.15) is 29.4 Å². The molecule has 0 amide bonds. The molecule has 1 spiro atoms. The number of piperidine rings is 1. The minimum Gasteiger partial charge on any atom is -0.479 e. The van der Waals surface area contributed by atoms with E-state index in [9.17, 15) is 20.9 Å². The predicted molar refractivity (Wildman–Crippen MR) is 116 cm³/mol. The van der Waals surface area contributed by atoms with E-state index >= 15 is 0 Å². The van der Waals surface area contributed by atoms with Gasteiger partial charge in [0.25, 0.3) is 0 Å². The van der Waals surface area contributed by atoms with Gasteiger partial charge in [0.2, 0.25) is 0 Å². The molecule has 2 aliphatic heterocycles. The third-order valence-corrected chi connectivity index (χ3v) is 6.78. The summed E-state index contributed by atoms with van der Waals surface area (Å²) in [6, 6.07) is 14.2. The van der Waals surface area contributed by atoms with Gasteiger partial charge in [-0.05, 0) is 62.6 Å². The van der Waals surface area contributed by atoms with Crippen molar-refractivity contribution in [3.63, 3.8) is 0 Å². The number of hydrogen-bond donors (Lipinski definition) is 1. The highest BCUT2D eigenvalue weighted by Crippen LogP contribution is 2.52. The summed E-state index contributed by atoms with van der Waals surface area (Å²) in [5, 5.41) is 38.5. The molecule has 1 aromatic carbocycles. The molecule has 31 heavy (non-hydrogen) atoms. The summed E-state index contributed by atoms with van der Waals surface area (Å²) in [6.45, 7) is 1.06. The first kappa shape index (κ1) is 21.0. The molecule has 0 radical (unpaired) electrons. The highest BCUT2D eigenvalue weighted by Gasteiger charge is 2.48. The predicted octanol–water partition coefficient (Wildman–Crippen LogP) is 4.35. The Balaban J connectivity index is 1.79. The second-order valence-electron chi connectivity index (χ2n) is 8.52. The summed E-state index contributed by atoms with van der Waals surface area (Å²) in [5.41, 5.74) is 2.26.